The van der Waals surface area contributed by atoms with Gasteiger partial charge in [0, 0.05) is 16.8 Å². The summed E-state index contributed by atoms with van der Waals surface area (Å²) < 4.78 is 33.8. The minimum Gasteiger partial charge on any atom is -0.418 e. The number of hydrogen-bond donors (Lipinski definition) is 1. The Morgan fingerprint density at radius 3 is 2.36 bits per heavy atom. The molecule has 0 bridgehead atoms. The van der Waals surface area contributed by atoms with Crippen molar-refractivity contribution >= 4 is 17.3 Å². The SMILES string of the molecule is Fc1ccc(N[C@H](c2nnc(-c3ccccc3)o2)c2ccccc2F)cc1Cl. The van der Waals surface area contributed by atoms with E-state index in [-0.39, 0.29) is 10.9 Å². The first-order chi connectivity index (χ1) is 13.6. The zero-order valence-electron chi connectivity index (χ0n) is 14.4. The second-order valence-electron chi connectivity index (χ2n) is 6.04. The molecule has 0 saturated heterocycles. The van der Waals surface area contributed by atoms with Gasteiger partial charge in [0.1, 0.15) is 17.7 Å². The molecule has 0 aliphatic carbocycles. The average Bonchev–Trinajstić information content (AvgIpc) is 3.20. The summed E-state index contributed by atoms with van der Waals surface area (Å²) in [5.74, 6) is -0.494. The molecule has 4 aromatic rings. The van der Waals surface area contributed by atoms with Crippen LogP contribution in [-0.2, 0) is 0 Å². The molecule has 1 atom stereocenters. The van der Waals surface area contributed by atoms with Crippen molar-refractivity contribution in [2.75, 3.05) is 5.32 Å². The van der Waals surface area contributed by atoms with Gasteiger partial charge in [-0.1, -0.05) is 48.0 Å². The van der Waals surface area contributed by atoms with Gasteiger partial charge in [0.2, 0.25) is 11.8 Å². The van der Waals surface area contributed by atoms with E-state index in [0.29, 0.717) is 17.1 Å². The topological polar surface area (TPSA) is 51.0 Å². The van der Waals surface area contributed by atoms with Crippen molar-refractivity contribution < 1.29 is 13.2 Å². The van der Waals surface area contributed by atoms with Gasteiger partial charge in [0.25, 0.3) is 0 Å². The van der Waals surface area contributed by atoms with Gasteiger partial charge in [-0.05, 0) is 36.4 Å². The van der Waals surface area contributed by atoms with Crippen molar-refractivity contribution in [3.05, 3.63) is 101 Å². The highest BCUT2D eigenvalue weighted by Crippen LogP contribution is 2.31. The summed E-state index contributed by atoms with van der Waals surface area (Å²) in [6.07, 6.45) is 0. The standard InChI is InChI=1S/C21H14ClF2N3O/c22-16-12-14(10-11-18(16)24)25-19(15-8-4-5-9-17(15)23)21-27-26-20(28-21)13-6-2-1-3-7-13/h1-12,19,25H/t19-/m0/s1. The first-order valence-electron chi connectivity index (χ1n) is 8.46. The summed E-state index contributed by atoms with van der Waals surface area (Å²) >= 11 is 5.86. The summed E-state index contributed by atoms with van der Waals surface area (Å²) in [7, 11) is 0. The lowest BCUT2D eigenvalue weighted by atomic mass is 10.1. The predicted molar refractivity (Wildman–Crippen MR) is 103 cm³/mol. The van der Waals surface area contributed by atoms with Gasteiger partial charge in [0.15, 0.2) is 0 Å². The Hall–Kier alpha value is -3.25. The highest BCUT2D eigenvalue weighted by molar-refractivity contribution is 6.31. The van der Waals surface area contributed by atoms with Gasteiger partial charge in [-0.25, -0.2) is 8.78 Å². The summed E-state index contributed by atoms with van der Waals surface area (Å²) in [6.45, 7) is 0. The molecule has 0 saturated carbocycles. The summed E-state index contributed by atoms with van der Waals surface area (Å²) in [5, 5.41) is 11.2. The van der Waals surface area contributed by atoms with Crippen molar-refractivity contribution in [1.29, 1.82) is 0 Å². The van der Waals surface area contributed by atoms with E-state index in [9.17, 15) is 8.78 Å². The fourth-order valence-electron chi connectivity index (χ4n) is 2.78. The fraction of sp³-hybridized carbons (Fsp3) is 0.0476. The van der Waals surface area contributed by atoms with Crippen LogP contribution >= 0.6 is 11.6 Å². The number of halogens is 3. The first kappa shape index (κ1) is 18.1. The maximum Gasteiger partial charge on any atom is 0.247 e. The van der Waals surface area contributed by atoms with Crippen LogP contribution in [0.1, 0.15) is 17.5 Å². The number of aromatic nitrogens is 2. The molecule has 0 unspecified atom stereocenters. The number of benzene rings is 3. The van der Waals surface area contributed by atoms with Crippen molar-refractivity contribution in [2.24, 2.45) is 0 Å². The van der Waals surface area contributed by atoms with Gasteiger partial charge in [-0.15, -0.1) is 10.2 Å². The number of nitrogens with zero attached hydrogens (tertiary/aromatic N) is 2. The zero-order chi connectivity index (χ0) is 19.5. The minimum atomic E-state index is -0.785. The lowest BCUT2D eigenvalue weighted by Gasteiger charge is -2.18. The van der Waals surface area contributed by atoms with Crippen molar-refractivity contribution in [3.8, 4) is 11.5 Å². The van der Waals surface area contributed by atoms with Crippen molar-refractivity contribution in [3.63, 3.8) is 0 Å². The fourth-order valence-corrected chi connectivity index (χ4v) is 2.96. The van der Waals surface area contributed by atoms with Crippen LogP contribution in [0, 0.1) is 11.6 Å². The molecular weight excluding hydrogens is 384 g/mol. The molecule has 0 spiro atoms. The van der Waals surface area contributed by atoms with E-state index in [1.54, 1.807) is 18.2 Å². The Morgan fingerprint density at radius 2 is 1.61 bits per heavy atom. The van der Waals surface area contributed by atoms with Crippen LogP contribution in [0.25, 0.3) is 11.5 Å². The number of rotatable bonds is 5. The van der Waals surface area contributed by atoms with Gasteiger partial charge in [-0.2, -0.15) is 0 Å². The Bertz CT molecular complexity index is 1100. The number of hydrogen-bond acceptors (Lipinski definition) is 4. The molecule has 1 heterocycles. The van der Waals surface area contributed by atoms with Crippen molar-refractivity contribution in [2.45, 2.75) is 6.04 Å². The lowest BCUT2D eigenvalue weighted by molar-refractivity contribution is 0.485. The molecule has 140 valence electrons. The molecule has 7 heteroatoms. The number of anilines is 1. The van der Waals surface area contributed by atoms with E-state index in [2.05, 4.69) is 15.5 Å². The molecule has 3 aromatic carbocycles. The zero-order valence-corrected chi connectivity index (χ0v) is 15.2. The Labute approximate surface area is 164 Å². The highest BCUT2D eigenvalue weighted by atomic mass is 35.5. The molecule has 0 radical (unpaired) electrons. The Balaban J connectivity index is 1.74. The third-order valence-electron chi connectivity index (χ3n) is 4.16. The third kappa shape index (κ3) is 3.73. The van der Waals surface area contributed by atoms with Crippen LogP contribution in [0.3, 0.4) is 0 Å². The molecule has 0 aliphatic rings. The Kier molecular flexibility index (Phi) is 5.04. The quantitative estimate of drug-likeness (QED) is 0.457. The maximum absolute atomic E-state index is 14.5. The van der Waals surface area contributed by atoms with E-state index >= 15 is 0 Å². The second kappa shape index (κ2) is 7.78. The van der Waals surface area contributed by atoms with Crippen LogP contribution in [0.5, 0.6) is 0 Å². The van der Waals surface area contributed by atoms with Crippen LogP contribution in [0.15, 0.2) is 77.2 Å². The Morgan fingerprint density at radius 1 is 0.857 bits per heavy atom. The van der Waals surface area contributed by atoms with Gasteiger partial charge >= 0.3 is 0 Å². The monoisotopic (exact) mass is 397 g/mol. The normalized spacial score (nSPS) is 12.0. The van der Waals surface area contributed by atoms with Gasteiger partial charge < -0.3 is 9.73 Å². The summed E-state index contributed by atoms with van der Waals surface area (Å²) in [5.41, 5.74) is 1.55. The molecule has 1 aromatic heterocycles. The minimum absolute atomic E-state index is 0.0483. The maximum atomic E-state index is 14.5. The van der Waals surface area contributed by atoms with E-state index < -0.39 is 17.7 Å². The molecule has 0 fully saturated rings. The first-order valence-corrected chi connectivity index (χ1v) is 8.84. The van der Waals surface area contributed by atoms with Crippen LogP contribution in [0.2, 0.25) is 5.02 Å². The molecule has 1 N–H and O–H groups in total. The molecule has 0 aliphatic heterocycles. The molecule has 4 rings (SSSR count). The molecule has 28 heavy (non-hydrogen) atoms. The molecule has 4 nitrogen and oxygen atoms in total. The van der Waals surface area contributed by atoms with Crippen LogP contribution in [-0.4, -0.2) is 10.2 Å². The van der Waals surface area contributed by atoms with E-state index in [1.165, 1.54) is 24.3 Å². The highest BCUT2D eigenvalue weighted by Gasteiger charge is 2.24. The third-order valence-corrected chi connectivity index (χ3v) is 4.44. The van der Waals surface area contributed by atoms with Crippen LogP contribution < -0.4 is 5.32 Å². The van der Waals surface area contributed by atoms with Gasteiger partial charge in [-0.3, -0.25) is 0 Å². The van der Waals surface area contributed by atoms with Gasteiger partial charge in [0.05, 0.1) is 5.02 Å². The predicted octanol–water partition coefficient (Wildman–Crippen LogP) is 5.87. The van der Waals surface area contributed by atoms with E-state index in [4.69, 9.17) is 16.0 Å². The van der Waals surface area contributed by atoms with Crippen molar-refractivity contribution in [1.82, 2.24) is 10.2 Å². The molecule has 0 amide bonds. The van der Waals surface area contributed by atoms with E-state index in [0.717, 1.165) is 5.56 Å². The second-order valence-corrected chi connectivity index (χ2v) is 6.45. The summed E-state index contributed by atoms with van der Waals surface area (Å²) in [6, 6.07) is 18.9. The largest absolute Gasteiger partial charge is 0.418 e. The average molecular weight is 398 g/mol. The number of nitrogens with one attached hydrogen (secondary N) is 1. The van der Waals surface area contributed by atoms with Crippen LogP contribution in [0.4, 0.5) is 14.5 Å². The van der Waals surface area contributed by atoms with E-state index in [1.807, 2.05) is 30.3 Å². The summed E-state index contributed by atoms with van der Waals surface area (Å²) in [4.78, 5) is 0. The molecular formula is C21H14ClF2N3O. The lowest BCUT2D eigenvalue weighted by Crippen LogP contribution is -2.14. The smallest absolute Gasteiger partial charge is 0.247 e.